The van der Waals surface area contributed by atoms with Gasteiger partial charge in [-0.05, 0) is 30.9 Å². The standard InChI is InChI=1S/C15H16O3/c1-3-4-5-6-7-8-9-10-11-12-15(17)13-18-14(2)16/h3-4,9-12,15,17H,13H2,1-2H3/b4-3+,10-9+,12-11-. The summed E-state index contributed by atoms with van der Waals surface area (Å²) < 4.78 is 4.62. The first-order valence-corrected chi connectivity index (χ1v) is 5.43. The molecule has 0 aromatic rings. The first-order valence-electron chi connectivity index (χ1n) is 5.43. The molecule has 0 aromatic heterocycles. The molecule has 0 heterocycles. The lowest BCUT2D eigenvalue weighted by molar-refractivity contribution is -0.143. The van der Waals surface area contributed by atoms with Gasteiger partial charge in [0, 0.05) is 6.92 Å². The molecule has 0 saturated heterocycles. The number of rotatable bonds is 4. The molecule has 0 bridgehead atoms. The minimum atomic E-state index is -0.805. The van der Waals surface area contributed by atoms with Crippen LogP contribution in [0.15, 0.2) is 36.5 Å². The Balaban J connectivity index is 3.94. The number of aliphatic hydroxyl groups is 1. The normalized spacial score (nSPS) is 11.9. The molecule has 3 heteroatoms. The van der Waals surface area contributed by atoms with Crippen molar-refractivity contribution in [2.45, 2.75) is 20.0 Å². The molecule has 0 fully saturated rings. The number of esters is 1. The lowest BCUT2D eigenvalue weighted by atomic mass is 10.3. The Morgan fingerprint density at radius 1 is 1.28 bits per heavy atom. The van der Waals surface area contributed by atoms with Crippen molar-refractivity contribution >= 4 is 5.97 Å². The van der Waals surface area contributed by atoms with Crippen molar-refractivity contribution in [3.63, 3.8) is 0 Å². The Morgan fingerprint density at radius 3 is 2.56 bits per heavy atom. The van der Waals surface area contributed by atoms with Crippen molar-refractivity contribution in [3.05, 3.63) is 36.5 Å². The second-order valence-corrected chi connectivity index (χ2v) is 3.15. The van der Waals surface area contributed by atoms with Gasteiger partial charge >= 0.3 is 5.97 Å². The van der Waals surface area contributed by atoms with Crippen molar-refractivity contribution in [2.24, 2.45) is 0 Å². The molecule has 1 unspecified atom stereocenters. The van der Waals surface area contributed by atoms with Gasteiger partial charge in [-0.2, -0.15) is 0 Å². The lowest BCUT2D eigenvalue weighted by Crippen LogP contribution is -2.14. The van der Waals surface area contributed by atoms with Crippen LogP contribution in [0.3, 0.4) is 0 Å². The smallest absolute Gasteiger partial charge is 0.302 e. The van der Waals surface area contributed by atoms with E-state index in [-0.39, 0.29) is 6.61 Å². The molecule has 1 atom stereocenters. The first kappa shape index (κ1) is 15.8. The second-order valence-electron chi connectivity index (χ2n) is 3.15. The van der Waals surface area contributed by atoms with Crippen LogP contribution in [0, 0.1) is 23.7 Å². The van der Waals surface area contributed by atoms with E-state index >= 15 is 0 Å². The maximum absolute atomic E-state index is 10.5. The SMILES string of the molecule is C/C=C/C#CC#C/C=C/C=C\C(O)COC(C)=O. The highest BCUT2D eigenvalue weighted by Crippen LogP contribution is 1.89. The Kier molecular flexibility index (Phi) is 9.87. The van der Waals surface area contributed by atoms with Gasteiger partial charge in [0.2, 0.25) is 0 Å². The average molecular weight is 244 g/mol. The van der Waals surface area contributed by atoms with Gasteiger partial charge in [-0.1, -0.05) is 36.1 Å². The Bertz CT molecular complexity index is 448. The molecule has 0 aromatic carbocycles. The summed E-state index contributed by atoms with van der Waals surface area (Å²) in [6.45, 7) is 3.13. The van der Waals surface area contributed by atoms with Gasteiger partial charge in [0.1, 0.15) is 12.7 Å². The summed E-state index contributed by atoms with van der Waals surface area (Å²) in [6, 6.07) is 0. The van der Waals surface area contributed by atoms with Crippen LogP contribution in [0.1, 0.15) is 13.8 Å². The van der Waals surface area contributed by atoms with Gasteiger partial charge < -0.3 is 9.84 Å². The van der Waals surface area contributed by atoms with Crippen LogP contribution < -0.4 is 0 Å². The molecular weight excluding hydrogens is 228 g/mol. The van der Waals surface area contributed by atoms with Crippen LogP contribution in [-0.4, -0.2) is 23.8 Å². The Hall–Kier alpha value is -2.23. The quantitative estimate of drug-likeness (QED) is 0.464. The Labute approximate surface area is 108 Å². The predicted molar refractivity (Wildman–Crippen MR) is 71.3 cm³/mol. The van der Waals surface area contributed by atoms with Crippen LogP contribution in [0.4, 0.5) is 0 Å². The molecule has 1 N–H and O–H groups in total. The number of carbonyl (C=O) groups is 1. The molecule has 0 aliphatic heterocycles. The van der Waals surface area contributed by atoms with Crippen molar-refractivity contribution in [1.29, 1.82) is 0 Å². The molecule has 0 amide bonds. The fourth-order valence-corrected chi connectivity index (χ4v) is 0.793. The molecule has 0 radical (unpaired) electrons. The minimum absolute atomic E-state index is 0.0415. The highest BCUT2D eigenvalue weighted by Gasteiger charge is 1.99. The number of allylic oxidation sites excluding steroid dienone is 5. The molecular formula is C15H16O3. The summed E-state index contributed by atoms with van der Waals surface area (Å²) in [4.78, 5) is 10.5. The van der Waals surface area contributed by atoms with Crippen molar-refractivity contribution in [1.82, 2.24) is 0 Å². The molecule has 0 saturated carbocycles. The zero-order valence-corrected chi connectivity index (χ0v) is 10.5. The summed E-state index contributed by atoms with van der Waals surface area (Å²) in [5, 5.41) is 9.33. The second kappa shape index (κ2) is 11.3. The van der Waals surface area contributed by atoms with Gasteiger partial charge in [-0.15, -0.1) is 0 Å². The van der Waals surface area contributed by atoms with E-state index in [4.69, 9.17) is 0 Å². The summed E-state index contributed by atoms with van der Waals surface area (Å²) in [7, 11) is 0. The van der Waals surface area contributed by atoms with E-state index in [9.17, 15) is 9.90 Å². The third kappa shape index (κ3) is 11.8. The van der Waals surface area contributed by atoms with E-state index in [0.717, 1.165) is 0 Å². The van der Waals surface area contributed by atoms with Gasteiger partial charge in [-0.3, -0.25) is 4.79 Å². The van der Waals surface area contributed by atoms with Crippen molar-refractivity contribution < 1.29 is 14.6 Å². The van der Waals surface area contributed by atoms with E-state index in [1.165, 1.54) is 13.0 Å². The zero-order chi connectivity index (χ0) is 13.6. The number of hydrogen-bond acceptors (Lipinski definition) is 3. The number of hydrogen-bond donors (Lipinski definition) is 1. The van der Waals surface area contributed by atoms with Crippen LogP contribution in [0.2, 0.25) is 0 Å². The Morgan fingerprint density at radius 2 is 1.94 bits per heavy atom. The average Bonchev–Trinajstić information content (AvgIpc) is 2.34. The van der Waals surface area contributed by atoms with Crippen LogP contribution in [0.25, 0.3) is 0 Å². The van der Waals surface area contributed by atoms with E-state index in [2.05, 4.69) is 28.4 Å². The molecule has 3 nitrogen and oxygen atoms in total. The van der Waals surface area contributed by atoms with Crippen LogP contribution in [0.5, 0.6) is 0 Å². The summed E-state index contributed by atoms with van der Waals surface area (Å²) in [6.07, 6.45) is 9.15. The minimum Gasteiger partial charge on any atom is -0.463 e. The molecule has 0 aliphatic rings. The maximum atomic E-state index is 10.5. The maximum Gasteiger partial charge on any atom is 0.302 e. The fraction of sp³-hybridized carbons (Fsp3) is 0.267. The topological polar surface area (TPSA) is 46.5 Å². The van der Waals surface area contributed by atoms with E-state index in [1.54, 1.807) is 24.3 Å². The highest BCUT2D eigenvalue weighted by atomic mass is 16.5. The molecule has 0 aliphatic carbocycles. The van der Waals surface area contributed by atoms with Crippen LogP contribution >= 0.6 is 0 Å². The van der Waals surface area contributed by atoms with Gasteiger partial charge in [0.05, 0.1) is 0 Å². The van der Waals surface area contributed by atoms with E-state index in [1.807, 2.05) is 13.0 Å². The van der Waals surface area contributed by atoms with Crippen molar-refractivity contribution in [3.8, 4) is 23.7 Å². The molecule has 0 spiro atoms. The third-order valence-corrected chi connectivity index (χ3v) is 1.54. The zero-order valence-electron chi connectivity index (χ0n) is 10.5. The van der Waals surface area contributed by atoms with Gasteiger partial charge in [0.15, 0.2) is 0 Å². The number of carbonyl (C=O) groups excluding carboxylic acids is 1. The molecule has 94 valence electrons. The highest BCUT2D eigenvalue weighted by molar-refractivity contribution is 5.65. The first-order chi connectivity index (χ1) is 8.66. The van der Waals surface area contributed by atoms with Gasteiger partial charge in [-0.25, -0.2) is 0 Å². The number of aliphatic hydroxyl groups excluding tert-OH is 1. The van der Waals surface area contributed by atoms with Crippen LogP contribution in [-0.2, 0) is 9.53 Å². The molecule has 18 heavy (non-hydrogen) atoms. The van der Waals surface area contributed by atoms with E-state index < -0.39 is 12.1 Å². The lowest BCUT2D eigenvalue weighted by Gasteiger charge is -2.03. The third-order valence-electron chi connectivity index (χ3n) is 1.54. The fourth-order valence-electron chi connectivity index (χ4n) is 0.793. The largest absolute Gasteiger partial charge is 0.463 e. The van der Waals surface area contributed by atoms with Crippen molar-refractivity contribution in [2.75, 3.05) is 6.61 Å². The summed E-state index contributed by atoms with van der Waals surface area (Å²) >= 11 is 0. The number of ether oxygens (including phenoxy) is 1. The summed E-state index contributed by atoms with van der Waals surface area (Å²) in [5.41, 5.74) is 0. The predicted octanol–water partition coefficient (Wildman–Crippen LogP) is 1.61. The summed E-state index contributed by atoms with van der Waals surface area (Å²) in [5.74, 6) is 10.3. The van der Waals surface area contributed by atoms with Gasteiger partial charge in [0.25, 0.3) is 0 Å². The molecule has 0 rings (SSSR count). The monoisotopic (exact) mass is 244 g/mol. The van der Waals surface area contributed by atoms with E-state index in [0.29, 0.717) is 0 Å².